The summed E-state index contributed by atoms with van der Waals surface area (Å²) in [6.07, 6.45) is 0.724. The van der Waals surface area contributed by atoms with E-state index < -0.39 is 6.04 Å². The van der Waals surface area contributed by atoms with E-state index in [1.54, 1.807) is 11.3 Å². The van der Waals surface area contributed by atoms with Crippen molar-refractivity contribution in [2.45, 2.75) is 12.5 Å². The number of nitrogens with zero attached hydrogens (tertiary/aromatic N) is 2. The highest BCUT2D eigenvalue weighted by atomic mass is 32.1. The SMILES string of the molecule is N[C@H](C(=O)Nc1nnc(Cc2ccsc2)s1)c1ccccc1. The maximum atomic E-state index is 12.1. The standard InChI is InChI=1S/C15H14N4OS2/c16-13(11-4-2-1-3-5-11)14(20)17-15-19-18-12(22-15)8-10-6-7-21-9-10/h1-7,9,13H,8,16H2,(H,17,19,20)/t13-/m0/s1. The molecule has 0 radical (unpaired) electrons. The smallest absolute Gasteiger partial charge is 0.247 e. The maximum Gasteiger partial charge on any atom is 0.247 e. The lowest BCUT2D eigenvalue weighted by molar-refractivity contribution is -0.117. The number of thiophene rings is 1. The van der Waals surface area contributed by atoms with Crippen LogP contribution in [0.2, 0.25) is 0 Å². The zero-order valence-electron chi connectivity index (χ0n) is 11.6. The van der Waals surface area contributed by atoms with Crippen LogP contribution < -0.4 is 11.1 Å². The van der Waals surface area contributed by atoms with Gasteiger partial charge in [0.1, 0.15) is 11.0 Å². The van der Waals surface area contributed by atoms with Crippen molar-refractivity contribution >= 4 is 33.7 Å². The molecule has 0 aliphatic heterocycles. The minimum Gasteiger partial charge on any atom is -0.316 e. The topological polar surface area (TPSA) is 80.9 Å². The van der Waals surface area contributed by atoms with E-state index in [4.69, 9.17) is 5.73 Å². The van der Waals surface area contributed by atoms with E-state index >= 15 is 0 Å². The number of benzene rings is 1. The van der Waals surface area contributed by atoms with Gasteiger partial charge in [-0.1, -0.05) is 41.7 Å². The number of aromatic nitrogens is 2. The van der Waals surface area contributed by atoms with Gasteiger partial charge in [0.15, 0.2) is 0 Å². The number of amides is 1. The molecule has 0 fully saturated rings. The fraction of sp³-hybridized carbons (Fsp3) is 0.133. The molecule has 1 atom stereocenters. The Hall–Kier alpha value is -2.09. The molecule has 0 spiro atoms. The Balaban J connectivity index is 1.63. The number of carbonyl (C=O) groups is 1. The van der Waals surface area contributed by atoms with Gasteiger partial charge >= 0.3 is 0 Å². The lowest BCUT2D eigenvalue weighted by Crippen LogP contribution is -2.27. The van der Waals surface area contributed by atoms with Gasteiger partial charge in [-0.3, -0.25) is 10.1 Å². The first-order chi connectivity index (χ1) is 10.7. The number of carbonyl (C=O) groups excluding carboxylic acids is 1. The second kappa shape index (κ2) is 6.78. The molecule has 0 aliphatic rings. The normalized spacial score (nSPS) is 12.0. The van der Waals surface area contributed by atoms with E-state index in [0.29, 0.717) is 5.13 Å². The Morgan fingerprint density at radius 1 is 1.23 bits per heavy atom. The molecular formula is C15H14N4OS2. The van der Waals surface area contributed by atoms with Gasteiger partial charge in [0, 0.05) is 6.42 Å². The lowest BCUT2D eigenvalue weighted by atomic mass is 10.1. The van der Waals surface area contributed by atoms with E-state index in [1.165, 1.54) is 16.9 Å². The van der Waals surface area contributed by atoms with Crippen molar-refractivity contribution in [2.24, 2.45) is 5.73 Å². The predicted octanol–water partition coefficient (Wildman–Crippen LogP) is 2.83. The van der Waals surface area contributed by atoms with Crippen LogP contribution in [-0.4, -0.2) is 16.1 Å². The number of rotatable bonds is 5. The van der Waals surface area contributed by atoms with E-state index in [2.05, 4.69) is 27.0 Å². The van der Waals surface area contributed by atoms with Crippen molar-refractivity contribution in [2.75, 3.05) is 5.32 Å². The average molecular weight is 330 g/mol. The van der Waals surface area contributed by atoms with Crippen LogP contribution in [0, 0.1) is 0 Å². The summed E-state index contributed by atoms with van der Waals surface area (Å²) in [6, 6.07) is 10.6. The van der Waals surface area contributed by atoms with E-state index in [0.717, 1.165) is 17.0 Å². The number of hydrogen-bond donors (Lipinski definition) is 2. The average Bonchev–Trinajstić information content (AvgIpc) is 3.20. The van der Waals surface area contributed by atoms with E-state index in [1.807, 2.05) is 35.7 Å². The summed E-state index contributed by atoms with van der Waals surface area (Å²) in [4.78, 5) is 12.1. The molecular weight excluding hydrogens is 316 g/mol. The third kappa shape index (κ3) is 3.56. The molecule has 0 bridgehead atoms. The molecule has 3 aromatic rings. The van der Waals surface area contributed by atoms with Gasteiger partial charge in [-0.15, -0.1) is 10.2 Å². The summed E-state index contributed by atoms with van der Waals surface area (Å²) < 4.78 is 0. The Kier molecular flexibility index (Phi) is 4.57. The molecule has 3 N–H and O–H groups in total. The zero-order chi connectivity index (χ0) is 15.4. The molecule has 0 saturated heterocycles. The van der Waals surface area contributed by atoms with Crippen molar-refractivity contribution in [3.05, 3.63) is 63.3 Å². The van der Waals surface area contributed by atoms with Crippen LogP contribution in [-0.2, 0) is 11.2 Å². The Morgan fingerprint density at radius 3 is 2.77 bits per heavy atom. The first kappa shape index (κ1) is 14.8. The largest absolute Gasteiger partial charge is 0.316 e. The molecule has 1 aromatic carbocycles. The van der Waals surface area contributed by atoms with Crippen LogP contribution in [0.25, 0.3) is 0 Å². The minimum atomic E-state index is -0.717. The molecule has 1 amide bonds. The predicted molar refractivity (Wildman–Crippen MR) is 89.0 cm³/mol. The van der Waals surface area contributed by atoms with Crippen LogP contribution in [0.4, 0.5) is 5.13 Å². The number of nitrogens with two attached hydrogens (primary N) is 1. The summed E-state index contributed by atoms with van der Waals surface area (Å²) >= 11 is 3.01. The van der Waals surface area contributed by atoms with Crippen molar-refractivity contribution in [1.82, 2.24) is 10.2 Å². The first-order valence-electron chi connectivity index (χ1n) is 6.67. The Labute approximate surface area is 135 Å². The summed E-state index contributed by atoms with van der Waals surface area (Å²) in [7, 11) is 0. The minimum absolute atomic E-state index is 0.288. The third-order valence-electron chi connectivity index (χ3n) is 3.07. The summed E-state index contributed by atoms with van der Waals surface area (Å²) in [6.45, 7) is 0. The lowest BCUT2D eigenvalue weighted by Gasteiger charge is -2.10. The molecule has 3 rings (SSSR count). The van der Waals surface area contributed by atoms with Crippen molar-refractivity contribution in [3.8, 4) is 0 Å². The van der Waals surface area contributed by atoms with Gasteiger partial charge in [0.25, 0.3) is 0 Å². The zero-order valence-corrected chi connectivity index (χ0v) is 13.2. The van der Waals surface area contributed by atoms with Crippen molar-refractivity contribution in [1.29, 1.82) is 0 Å². The number of anilines is 1. The van der Waals surface area contributed by atoms with Crippen LogP contribution in [0.3, 0.4) is 0 Å². The molecule has 5 nitrogen and oxygen atoms in total. The molecule has 0 saturated carbocycles. The third-order valence-corrected chi connectivity index (χ3v) is 4.64. The Bertz CT molecular complexity index is 740. The van der Waals surface area contributed by atoms with Crippen LogP contribution in [0.1, 0.15) is 22.2 Å². The van der Waals surface area contributed by atoms with Crippen LogP contribution >= 0.6 is 22.7 Å². The molecule has 2 heterocycles. The van der Waals surface area contributed by atoms with E-state index in [-0.39, 0.29) is 5.91 Å². The first-order valence-corrected chi connectivity index (χ1v) is 8.43. The molecule has 0 unspecified atom stereocenters. The highest BCUT2D eigenvalue weighted by Gasteiger charge is 2.17. The fourth-order valence-corrected chi connectivity index (χ4v) is 3.38. The monoisotopic (exact) mass is 330 g/mol. The number of hydrogen-bond acceptors (Lipinski definition) is 6. The van der Waals surface area contributed by atoms with Gasteiger partial charge in [-0.2, -0.15) is 11.3 Å². The van der Waals surface area contributed by atoms with Crippen molar-refractivity contribution < 1.29 is 4.79 Å². The summed E-state index contributed by atoms with van der Waals surface area (Å²) in [5.74, 6) is -0.288. The second-order valence-electron chi connectivity index (χ2n) is 4.69. The van der Waals surface area contributed by atoms with Gasteiger partial charge in [-0.05, 0) is 28.0 Å². The quantitative estimate of drug-likeness (QED) is 0.754. The van der Waals surface area contributed by atoms with Gasteiger partial charge in [-0.25, -0.2) is 0 Å². The number of nitrogens with one attached hydrogen (secondary N) is 1. The molecule has 7 heteroatoms. The molecule has 112 valence electrons. The van der Waals surface area contributed by atoms with Crippen molar-refractivity contribution in [3.63, 3.8) is 0 Å². The molecule has 2 aromatic heterocycles. The highest BCUT2D eigenvalue weighted by Crippen LogP contribution is 2.21. The van der Waals surface area contributed by atoms with E-state index in [9.17, 15) is 4.79 Å². The van der Waals surface area contributed by atoms with Crippen LogP contribution in [0.5, 0.6) is 0 Å². The summed E-state index contributed by atoms with van der Waals surface area (Å²) in [5, 5.41) is 16.3. The van der Waals surface area contributed by atoms with Gasteiger partial charge in [0.2, 0.25) is 11.0 Å². The van der Waals surface area contributed by atoms with Crippen LogP contribution in [0.15, 0.2) is 47.2 Å². The van der Waals surface area contributed by atoms with Gasteiger partial charge in [0.05, 0.1) is 0 Å². The maximum absolute atomic E-state index is 12.1. The molecule has 0 aliphatic carbocycles. The second-order valence-corrected chi connectivity index (χ2v) is 6.53. The highest BCUT2D eigenvalue weighted by molar-refractivity contribution is 7.15. The Morgan fingerprint density at radius 2 is 2.05 bits per heavy atom. The summed E-state index contributed by atoms with van der Waals surface area (Å²) in [5.41, 5.74) is 7.91. The van der Waals surface area contributed by atoms with Gasteiger partial charge < -0.3 is 5.73 Å². The molecule has 22 heavy (non-hydrogen) atoms. The fourth-order valence-electron chi connectivity index (χ4n) is 1.94.